The fourth-order valence-corrected chi connectivity index (χ4v) is 4.12. The predicted molar refractivity (Wildman–Crippen MR) is 83.9 cm³/mol. The average Bonchev–Trinajstić information content (AvgIpc) is 2.40. The lowest BCUT2D eigenvalue weighted by atomic mass is 9.70. The molecule has 19 heavy (non-hydrogen) atoms. The molecular weight excluding hydrogens is 228 g/mol. The Morgan fingerprint density at radius 3 is 1.95 bits per heavy atom. The zero-order chi connectivity index (χ0) is 13.7. The first kappa shape index (κ1) is 15.0. The zero-order valence-corrected chi connectivity index (χ0v) is 13.3. The van der Waals surface area contributed by atoms with E-state index in [1.165, 1.54) is 64.2 Å². The first-order chi connectivity index (χ1) is 9.11. The van der Waals surface area contributed by atoms with E-state index in [4.69, 9.17) is 0 Å². The van der Waals surface area contributed by atoms with Crippen LogP contribution in [0.4, 0.5) is 0 Å². The molecule has 2 saturated carbocycles. The molecule has 0 nitrogen and oxygen atoms in total. The van der Waals surface area contributed by atoms with Gasteiger partial charge in [0.25, 0.3) is 0 Å². The van der Waals surface area contributed by atoms with Crippen molar-refractivity contribution in [1.29, 1.82) is 0 Å². The van der Waals surface area contributed by atoms with Crippen LogP contribution in [0.5, 0.6) is 0 Å². The van der Waals surface area contributed by atoms with Crippen molar-refractivity contribution in [2.45, 2.75) is 85.0 Å². The standard InChI is InChI=1S/C19H32/c1-4-13-19(3)14-11-18(12-15-19)10-9-17-7-5-16(2)6-8-17/h16-18H,5-12,14-15H2,1-3H3. The SMILES string of the molecule is CC#CC1(C)CCC(CCC2CCC(C)CC2)CC1. The average molecular weight is 260 g/mol. The molecule has 2 aliphatic carbocycles. The van der Waals surface area contributed by atoms with Gasteiger partial charge in [0, 0.05) is 5.41 Å². The topological polar surface area (TPSA) is 0 Å². The first-order valence-corrected chi connectivity index (χ1v) is 8.55. The monoisotopic (exact) mass is 260 g/mol. The summed E-state index contributed by atoms with van der Waals surface area (Å²) in [6, 6.07) is 0. The maximum Gasteiger partial charge on any atom is 0.0286 e. The van der Waals surface area contributed by atoms with Gasteiger partial charge in [-0.1, -0.05) is 51.4 Å². The smallest absolute Gasteiger partial charge is 0.0286 e. The summed E-state index contributed by atoms with van der Waals surface area (Å²) in [7, 11) is 0. The Labute approximate surface area is 120 Å². The Morgan fingerprint density at radius 1 is 0.895 bits per heavy atom. The van der Waals surface area contributed by atoms with Crippen LogP contribution in [-0.4, -0.2) is 0 Å². The Bertz CT molecular complexity index is 314. The van der Waals surface area contributed by atoms with E-state index in [0.29, 0.717) is 5.41 Å². The van der Waals surface area contributed by atoms with E-state index >= 15 is 0 Å². The third kappa shape index (κ3) is 4.55. The van der Waals surface area contributed by atoms with Gasteiger partial charge in [-0.25, -0.2) is 0 Å². The Balaban J connectivity index is 1.67. The highest BCUT2D eigenvalue weighted by Gasteiger charge is 2.29. The van der Waals surface area contributed by atoms with Crippen molar-refractivity contribution in [2.24, 2.45) is 23.2 Å². The highest BCUT2D eigenvalue weighted by atomic mass is 14.3. The summed E-state index contributed by atoms with van der Waals surface area (Å²) in [4.78, 5) is 0. The molecule has 0 amide bonds. The molecule has 0 heterocycles. The van der Waals surface area contributed by atoms with Gasteiger partial charge < -0.3 is 0 Å². The molecule has 0 bridgehead atoms. The van der Waals surface area contributed by atoms with E-state index in [-0.39, 0.29) is 0 Å². The van der Waals surface area contributed by atoms with Crippen molar-refractivity contribution >= 4 is 0 Å². The van der Waals surface area contributed by atoms with E-state index in [9.17, 15) is 0 Å². The van der Waals surface area contributed by atoms with Crippen LogP contribution in [0.15, 0.2) is 0 Å². The summed E-state index contributed by atoms with van der Waals surface area (Å²) >= 11 is 0. The van der Waals surface area contributed by atoms with Crippen LogP contribution in [0.2, 0.25) is 0 Å². The van der Waals surface area contributed by atoms with Crippen LogP contribution >= 0.6 is 0 Å². The first-order valence-electron chi connectivity index (χ1n) is 8.55. The zero-order valence-electron chi connectivity index (χ0n) is 13.3. The Hall–Kier alpha value is -0.440. The summed E-state index contributed by atoms with van der Waals surface area (Å²) in [5, 5.41) is 0. The minimum absolute atomic E-state index is 0.339. The van der Waals surface area contributed by atoms with Gasteiger partial charge >= 0.3 is 0 Å². The molecule has 0 spiro atoms. The molecule has 2 fully saturated rings. The van der Waals surface area contributed by atoms with Crippen LogP contribution in [0.3, 0.4) is 0 Å². The molecule has 0 atom stereocenters. The molecule has 0 saturated heterocycles. The van der Waals surface area contributed by atoms with Gasteiger partial charge in [0.05, 0.1) is 0 Å². The number of rotatable bonds is 3. The largest absolute Gasteiger partial charge is 0.106 e. The van der Waals surface area contributed by atoms with E-state index < -0.39 is 0 Å². The van der Waals surface area contributed by atoms with Crippen molar-refractivity contribution in [1.82, 2.24) is 0 Å². The summed E-state index contributed by atoms with van der Waals surface area (Å²) in [5.74, 6) is 9.63. The quantitative estimate of drug-likeness (QED) is 0.561. The van der Waals surface area contributed by atoms with Gasteiger partial charge in [-0.2, -0.15) is 0 Å². The molecule has 0 unspecified atom stereocenters. The van der Waals surface area contributed by atoms with Crippen molar-refractivity contribution in [3.63, 3.8) is 0 Å². The number of hydrogen-bond donors (Lipinski definition) is 0. The van der Waals surface area contributed by atoms with Crippen molar-refractivity contribution in [3.05, 3.63) is 0 Å². The van der Waals surface area contributed by atoms with Gasteiger partial charge in [0.15, 0.2) is 0 Å². The van der Waals surface area contributed by atoms with Gasteiger partial charge in [0.2, 0.25) is 0 Å². The highest BCUT2D eigenvalue weighted by Crippen LogP contribution is 2.41. The molecule has 108 valence electrons. The highest BCUT2D eigenvalue weighted by molar-refractivity contribution is 5.09. The van der Waals surface area contributed by atoms with Crippen LogP contribution in [0.1, 0.15) is 85.0 Å². The van der Waals surface area contributed by atoms with Crippen molar-refractivity contribution in [3.8, 4) is 11.8 Å². The second kappa shape index (κ2) is 6.83. The lowest BCUT2D eigenvalue weighted by Gasteiger charge is -2.34. The normalized spacial score (nSPS) is 39.4. The Morgan fingerprint density at radius 2 is 1.42 bits per heavy atom. The lowest BCUT2D eigenvalue weighted by Crippen LogP contribution is -2.23. The van der Waals surface area contributed by atoms with Gasteiger partial charge in [-0.05, 0) is 57.3 Å². The maximum absolute atomic E-state index is 3.44. The third-order valence-electron chi connectivity index (χ3n) is 5.75. The predicted octanol–water partition coefficient (Wildman–Crippen LogP) is 5.81. The second-order valence-corrected chi connectivity index (χ2v) is 7.58. The van der Waals surface area contributed by atoms with Gasteiger partial charge in [0.1, 0.15) is 0 Å². The minimum atomic E-state index is 0.339. The lowest BCUT2D eigenvalue weighted by molar-refractivity contribution is 0.199. The second-order valence-electron chi connectivity index (χ2n) is 7.58. The summed E-state index contributed by atoms with van der Waals surface area (Å²) in [5.41, 5.74) is 0.339. The van der Waals surface area contributed by atoms with Crippen LogP contribution in [-0.2, 0) is 0 Å². The summed E-state index contributed by atoms with van der Waals surface area (Å²) in [6.45, 7) is 6.77. The van der Waals surface area contributed by atoms with Crippen LogP contribution in [0, 0.1) is 35.0 Å². The number of hydrogen-bond acceptors (Lipinski definition) is 0. The molecule has 2 rings (SSSR count). The summed E-state index contributed by atoms with van der Waals surface area (Å²) < 4.78 is 0. The molecule has 0 aromatic rings. The summed E-state index contributed by atoms with van der Waals surface area (Å²) in [6.07, 6.45) is 14.5. The third-order valence-corrected chi connectivity index (χ3v) is 5.75. The fraction of sp³-hybridized carbons (Fsp3) is 0.895. The van der Waals surface area contributed by atoms with Gasteiger partial charge in [-0.3, -0.25) is 0 Å². The van der Waals surface area contributed by atoms with Crippen LogP contribution in [0.25, 0.3) is 0 Å². The van der Waals surface area contributed by atoms with E-state index in [1.54, 1.807) is 0 Å². The molecule has 0 aromatic carbocycles. The minimum Gasteiger partial charge on any atom is -0.106 e. The van der Waals surface area contributed by atoms with E-state index in [0.717, 1.165) is 17.8 Å². The van der Waals surface area contributed by atoms with Gasteiger partial charge in [-0.15, -0.1) is 5.92 Å². The Kier molecular flexibility index (Phi) is 5.37. The molecule has 0 heteroatoms. The van der Waals surface area contributed by atoms with E-state index in [1.807, 2.05) is 6.92 Å². The molecule has 0 aromatic heterocycles. The van der Waals surface area contributed by atoms with E-state index in [2.05, 4.69) is 25.7 Å². The van der Waals surface area contributed by atoms with Crippen molar-refractivity contribution in [2.75, 3.05) is 0 Å². The molecular formula is C19H32. The molecule has 0 N–H and O–H groups in total. The fourth-order valence-electron chi connectivity index (χ4n) is 4.12. The molecule has 0 aliphatic heterocycles. The van der Waals surface area contributed by atoms with Crippen molar-refractivity contribution < 1.29 is 0 Å². The van der Waals surface area contributed by atoms with Crippen LogP contribution < -0.4 is 0 Å². The molecule has 0 radical (unpaired) electrons. The molecule has 2 aliphatic rings. The maximum atomic E-state index is 3.44.